The number of nitrogens with zero attached hydrogens (tertiary/aromatic N) is 2. The van der Waals surface area contributed by atoms with Gasteiger partial charge in [-0.05, 0) is 92.3 Å². The Morgan fingerprint density at radius 3 is 2.63 bits per heavy atom. The third kappa shape index (κ3) is 5.17. The molecule has 1 aliphatic heterocycles. The Bertz CT molecular complexity index is 1500. The van der Waals surface area contributed by atoms with Crippen LogP contribution in [0.3, 0.4) is 0 Å². The van der Waals surface area contributed by atoms with E-state index in [0.29, 0.717) is 0 Å². The van der Waals surface area contributed by atoms with E-state index in [2.05, 4.69) is 86.8 Å². The second-order valence-corrected chi connectivity index (χ2v) is 14.0. The molecule has 1 aromatic heterocycles. The van der Waals surface area contributed by atoms with E-state index in [1.807, 2.05) is 29.2 Å². The quantitative estimate of drug-likeness (QED) is 0.212. The Morgan fingerprint density at radius 2 is 1.95 bits per heavy atom. The van der Waals surface area contributed by atoms with Crippen molar-refractivity contribution in [2.45, 2.75) is 63.8 Å². The Labute approximate surface area is 244 Å². The van der Waals surface area contributed by atoms with E-state index in [0.717, 1.165) is 36.7 Å². The fourth-order valence-corrected chi connectivity index (χ4v) is 8.76. The molecule has 0 atom stereocenters. The van der Waals surface area contributed by atoms with Crippen LogP contribution in [0.2, 0.25) is 5.02 Å². The Kier molecular flexibility index (Phi) is 7.99. The molecule has 5 rings (SSSR count). The number of hydrogen-bond acceptors (Lipinski definition) is 5. The molecule has 0 saturated heterocycles. The summed E-state index contributed by atoms with van der Waals surface area (Å²) in [7, 11) is 1.76. The zero-order valence-electron chi connectivity index (χ0n) is 23.3. The number of benzene rings is 2. The number of thiazole rings is 1. The van der Waals surface area contributed by atoms with Gasteiger partial charge in [0.05, 0.1) is 28.8 Å². The van der Waals surface area contributed by atoms with E-state index in [9.17, 15) is 0 Å². The predicted octanol–water partition coefficient (Wildman–Crippen LogP) is 9.59. The van der Waals surface area contributed by atoms with Crippen LogP contribution in [0.5, 0.6) is 5.75 Å². The number of halogens is 1. The van der Waals surface area contributed by atoms with Crippen molar-refractivity contribution < 1.29 is 9.30 Å². The van der Waals surface area contributed by atoms with Crippen molar-refractivity contribution in [2.24, 2.45) is 5.41 Å². The van der Waals surface area contributed by atoms with Crippen LogP contribution in [0.1, 0.15) is 52.5 Å². The van der Waals surface area contributed by atoms with Gasteiger partial charge in [-0.1, -0.05) is 48.5 Å². The number of ether oxygens (including phenoxy) is 1. The molecule has 7 heteroatoms. The zero-order chi connectivity index (χ0) is 27.2. The van der Waals surface area contributed by atoms with Gasteiger partial charge in [0.2, 0.25) is 5.52 Å². The molecular weight excluding hydrogens is 548 g/mol. The highest BCUT2D eigenvalue weighted by atomic mass is 35.5. The van der Waals surface area contributed by atoms with Crippen LogP contribution in [-0.4, -0.2) is 19.9 Å². The van der Waals surface area contributed by atoms with Crippen molar-refractivity contribution in [2.75, 3.05) is 24.8 Å². The first kappa shape index (κ1) is 27.7. The summed E-state index contributed by atoms with van der Waals surface area (Å²) in [5.74, 6) is 0.949. The summed E-state index contributed by atoms with van der Waals surface area (Å²) in [6.45, 7) is 13.4. The van der Waals surface area contributed by atoms with E-state index in [1.165, 1.54) is 52.5 Å². The van der Waals surface area contributed by atoms with Gasteiger partial charge in [0.1, 0.15) is 17.0 Å². The fourth-order valence-electron chi connectivity index (χ4n) is 5.55. The van der Waals surface area contributed by atoms with Crippen LogP contribution in [-0.2, 0) is 6.54 Å². The number of hydrogen-bond donors (Lipinski definition) is 0. The lowest BCUT2D eigenvalue weighted by Gasteiger charge is -2.33. The minimum absolute atomic E-state index is 0.192. The van der Waals surface area contributed by atoms with Crippen molar-refractivity contribution >= 4 is 68.4 Å². The normalized spacial score (nSPS) is 19.2. The fraction of sp³-hybridized carbons (Fsp3) is 0.387. The van der Waals surface area contributed by atoms with Crippen molar-refractivity contribution in [1.82, 2.24) is 0 Å². The molecule has 0 spiro atoms. The number of anilines is 1. The smallest absolute Gasteiger partial charge is 0.263 e. The van der Waals surface area contributed by atoms with Crippen molar-refractivity contribution in [3.63, 3.8) is 0 Å². The first-order valence-corrected chi connectivity index (χ1v) is 16.4. The first-order valence-electron chi connectivity index (χ1n) is 13.1. The van der Waals surface area contributed by atoms with Gasteiger partial charge in [0.15, 0.2) is 0 Å². The standard InChI is InChI=1S/C31H36ClN2OS3/c1-8-33-23-14-22(32)10-11-26(23)37-29(33)12-20-17-31(4,5)18-21(19(20)3)13-30-34(9-2)24-15-25(35-6)28(36-7)16-27(24)38-30/h10-16H,8-9,17-18H2,1-7H3/q+1. The summed E-state index contributed by atoms with van der Waals surface area (Å²) in [4.78, 5) is 4.86. The highest BCUT2D eigenvalue weighted by Crippen LogP contribution is 2.49. The summed E-state index contributed by atoms with van der Waals surface area (Å²) >= 11 is 11.8. The maximum atomic E-state index is 6.35. The molecule has 0 bridgehead atoms. The molecule has 2 aromatic carbocycles. The molecule has 1 aliphatic carbocycles. The molecule has 0 unspecified atom stereocenters. The highest BCUT2D eigenvalue weighted by Gasteiger charge is 2.31. The zero-order valence-corrected chi connectivity index (χ0v) is 26.5. The van der Waals surface area contributed by atoms with Crippen molar-refractivity contribution in [3.8, 4) is 5.75 Å². The second kappa shape index (κ2) is 11.0. The van der Waals surface area contributed by atoms with E-state index in [-0.39, 0.29) is 5.41 Å². The van der Waals surface area contributed by atoms with Gasteiger partial charge >= 0.3 is 0 Å². The number of rotatable bonds is 6. The van der Waals surface area contributed by atoms with Crippen LogP contribution < -0.4 is 14.2 Å². The molecule has 2 heterocycles. The van der Waals surface area contributed by atoms with Crippen LogP contribution in [0.25, 0.3) is 16.3 Å². The summed E-state index contributed by atoms with van der Waals surface area (Å²) < 4.78 is 9.44. The van der Waals surface area contributed by atoms with Gasteiger partial charge in [0.25, 0.3) is 5.01 Å². The van der Waals surface area contributed by atoms with Crippen LogP contribution in [0.4, 0.5) is 5.69 Å². The highest BCUT2D eigenvalue weighted by molar-refractivity contribution is 8.03. The largest absolute Gasteiger partial charge is 0.495 e. The molecule has 0 N–H and O–H groups in total. The van der Waals surface area contributed by atoms with Crippen LogP contribution in [0, 0.1) is 5.41 Å². The monoisotopic (exact) mass is 583 g/mol. The lowest BCUT2D eigenvalue weighted by atomic mass is 9.72. The Morgan fingerprint density at radius 1 is 1.16 bits per heavy atom. The minimum Gasteiger partial charge on any atom is -0.495 e. The average Bonchev–Trinajstić information content (AvgIpc) is 3.40. The summed E-state index contributed by atoms with van der Waals surface area (Å²) in [6.07, 6.45) is 9.13. The molecular formula is C31H36ClN2OS3+. The summed E-state index contributed by atoms with van der Waals surface area (Å²) in [5, 5.41) is 3.38. The van der Waals surface area contributed by atoms with E-state index in [4.69, 9.17) is 16.3 Å². The van der Waals surface area contributed by atoms with E-state index < -0.39 is 0 Å². The van der Waals surface area contributed by atoms with Crippen LogP contribution >= 0.6 is 46.5 Å². The number of allylic oxidation sites excluding steroid dienone is 4. The maximum absolute atomic E-state index is 6.35. The van der Waals surface area contributed by atoms with Gasteiger partial charge in [-0.25, -0.2) is 0 Å². The molecule has 3 nitrogen and oxygen atoms in total. The molecule has 2 aliphatic rings. The van der Waals surface area contributed by atoms with E-state index in [1.54, 1.807) is 18.9 Å². The molecule has 0 radical (unpaired) electrons. The molecule has 38 heavy (non-hydrogen) atoms. The second-order valence-electron chi connectivity index (χ2n) is 10.6. The molecule has 0 fully saturated rings. The van der Waals surface area contributed by atoms with Crippen LogP contribution in [0.15, 0.2) is 67.9 Å². The lowest BCUT2D eigenvalue weighted by Crippen LogP contribution is -2.33. The topological polar surface area (TPSA) is 16.4 Å². The Hall–Kier alpha value is -1.86. The Balaban J connectivity index is 1.59. The molecule has 0 amide bonds. The van der Waals surface area contributed by atoms with Gasteiger partial charge in [0, 0.05) is 22.5 Å². The predicted molar refractivity (Wildman–Crippen MR) is 168 cm³/mol. The molecule has 3 aromatic rings. The first-order chi connectivity index (χ1) is 18.2. The average molecular weight is 584 g/mol. The van der Waals surface area contributed by atoms with Gasteiger partial charge < -0.3 is 9.64 Å². The lowest BCUT2D eigenvalue weighted by molar-refractivity contribution is -0.665. The van der Waals surface area contributed by atoms with Gasteiger partial charge in [-0.15, -0.1) is 11.8 Å². The number of aryl methyl sites for hydroxylation is 1. The van der Waals surface area contributed by atoms with E-state index >= 15 is 0 Å². The minimum atomic E-state index is 0.192. The SMILES string of the molecule is CCN1/C(=C/C2=C(C)C(=C\c3sc4cc(SC)c(OC)cc4[n+]3CC)/CC(C)(C)C2)Sc2ccc(Cl)cc21. The summed E-state index contributed by atoms with van der Waals surface area (Å²) in [6, 6.07) is 10.7. The van der Waals surface area contributed by atoms with Gasteiger partial charge in [-0.2, -0.15) is 4.57 Å². The maximum Gasteiger partial charge on any atom is 0.263 e. The third-order valence-electron chi connectivity index (χ3n) is 7.46. The molecule has 200 valence electrons. The summed E-state index contributed by atoms with van der Waals surface area (Å²) in [5.41, 5.74) is 6.93. The third-order valence-corrected chi connectivity index (χ3v) is 10.7. The molecule has 0 saturated carbocycles. The number of aromatic nitrogens is 1. The number of thioether (sulfide) groups is 2. The number of methoxy groups -OCH3 is 1. The van der Waals surface area contributed by atoms with Crippen molar-refractivity contribution in [1.29, 1.82) is 0 Å². The van der Waals surface area contributed by atoms with Crippen molar-refractivity contribution in [3.05, 3.63) is 68.2 Å². The number of fused-ring (bicyclic) bond motifs is 2. The van der Waals surface area contributed by atoms with Gasteiger partial charge in [-0.3, -0.25) is 0 Å².